The fourth-order valence-corrected chi connectivity index (χ4v) is 2.68. The topological polar surface area (TPSA) is 24.9 Å². The molecule has 1 aliphatic heterocycles. The van der Waals surface area contributed by atoms with Crippen molar-refractivity contribution >= 4 is 5.69 Å². The van der Waals surface area contributed by atoms with E-state index in [0.29, 0.717) is 0 Å². The van der Waals surface area contributed by atoms with Crippen molar-refractivity contribution in [3.05, 3.63) is 18.2 Å². The average molecular weight is 300 g/mol. The highest BCUT2D eigenvalue weighted by Crippen LogP contribution is 2.31. The lowest BCUT2D eigenvalue weighted by atomic mass is 10.2. The molecule has 0 bridgehead atoms. The monoisotopic (exact) mass is 300 g/mol. The number of anilines is 1. The first-order valence-corrected chi connectivity index (χ1v) is 7.00. The summed E-state index contributed by atoms with van der Waals surface area (Å²) in [6, 6.07) is 5.85. The van der Waals surface area contributed by atoms with Crippen molar-refractivity contribution in [2.45, 2.75) is 18.9 Å². The average Bonchev–Trinajstić information content (AvgIpc) is 2.96. The lowest BCUT2D eigenvalue weighted by Crippen LogP contribution is -2.37. The molecular weight excluding hydrogens is 278 g/mol. The summed E-state index contributed by atoms with van der Waals surface area (Å²) < 4.78 is 35.5. The fourth-order valence-electron chi connectivity index (χ4n) is 2.68. The summed E-state index contributed by atoms with van der Waals surface area (Å²) in [5.74, 6) is 1.46. The predicted octanol–water partition coefficient (Wildman–Crippen LogP) is 2.48. The van der Waals surface area contributed by atoms with Crippen LogP contribution in [-0.2, 0) is 0 Å². The van der Waals surface area contributed by atoms with Crippen molar-refractivity contribution < 1.29 is 18.3 Å². The van der Waals surface area contributed by atoms with Crippen LogP contribution in [0, 0.1) is 0 Å². The Morgan fingerprint density at radius 2 is 1.86 bits per heavy atom. The van der Waals surface area contributed by atoms with Crippen LogP contribution in [0.4, 0.5) is 14.5 Å². The van der Waals surface area contributed by atoms with Crippen LogP contribution in [0.25, 0.3) is 0 Å². The summed E-state index contributed by atoms with van der Waals surface area (Å²) in [5.41, 5.74) is 0.999. The lowest BCUT2D eigenvalue weighted by Gasteiger charge is -2.25. The van der Waals surface area contributed by atoms with E-state index < -0.39 is 6.43 Å². The predicted molar refractivity (Wildman–Crippen MR) is 78.8 cm³/mol. The van der Waals surface area contributed by atoms with E-state index in [-0.39, 0.29) is 12.6 Å². The van der Waals surface area contributed by atoms with Crippen molar-refractivity contribution in [3.8, 4) is 11.5 Å². The Kier molecular flexibility index (Phi) is 5.22. The maximum Gasteiger partial charge on any atom is 0.251 e. The van der Waals surface area contributed by atoms with E-state index in [1.165, 1.54) is 0 Å². The Balaban J connectivity index is 2.07. The van der Waals surface area contributed by atoms with Gasteiger partial charge in [-0.3, -0.25) is 4.90 Å². The van der Waals surface area contributed by atoms with Gasteiger partial charge in [-0.25, -0.2) is 8.78 Å². The molecule has 21 heavy (non-hydrogen) atoms. The number of hydrogen-bond acceptors (Lipinski definition) is 4. The summed E-state index contributed by atoms with van der Waals surface area (Å²) in [6.45, 7) is 1.40. The van der Waals surface area contributed by atoms with Crippen LogP contribution in [0.15, 0.2) is 18.2 Å². The number of benzene rings is 1. The van der Waals surface area contributed by atoms with Crippen LogP contribution in [0.1, 0.15) is 6.42 Å². The zero-order valence-electron chi connectivity index (χ0n) is 12.7. The van der Waals surface area contributed by atoms with Gasteiger partial charge in [-0.2, -0.15) is 0 Å². The minimum absolute atomic E-state index is 0.149. The first-order chi connectivity index (χ1) is 10.0. The molecular formula is C15H22F2N2O2. The SMILES string of the molecule is COc1cc(OC)cc(N2CC[C@H](N(C)CC(F)F)C2)c1. The van der Waals surface area contributed by atoms with Crippen molar-refractivity contribution in [2.24, 2.45) is 0 Å². The summed E-state index contributed by atoms with van der Waals surface area (Å²) in [6.07, 6.45) is -1.41. The number of hydrogen-bond donors (Lipinski definition) is 0. The highest BCUT2D eigenvalue weighted by Gasteiger charge is 2.27. The first kappa shape index (κ1) is 15.8. The molecule has 118 valence electrons. The number of nitrogens with zero attached hydrogens (tertiary/aromatic N) is 2. The highest BCUT2D eigenvalue weighted by atomic mass is 19.3. The zero-order chi connectivity index (χ0) is 15.4. The van der Waals surface area contributed by atoms with Crippen molar-refractivity contribution in [2.75, 3.05) is 45.8 Å². The standard InChI is InChI=1S/C15H22F2N2O2/c1-18(10-15(16)17)11-4-5-19(9-11)12-6-13(20-2)8-14(7-12)21-3/h6-8,11,15H,4-5,9-10H2,1-3H3/t11-/m0/s1. The largest absolute Gasteiger partial charge is 0.497 e. The Morgan fingerprint density at radius 1 is 1.24 bits per heavy atom. The third-order valence-electron chi connectivity index (χ3n) is 3.91. The highest BCUT2D eigenvalue weighted by molar-refractivity contribution is 5.56. The van der Waals surface area contributed by atoms with E-state index in [0.717, 1.165) is 36.7 Å². The summed E-state index contributed by atoms with van der Waals surface area (Å²) >= 11 is 0. The molecule has 0 radical (unpaired) electrons. The second-order valence-electron chi connectivity index (χ2n) is 5.29. The Bertz CT molecular complexity index is 449. The van der Waals surface area contributed by atoms with Crippen LogP contribution in [0.3, 0.4) is 0 Å². The molecule has 0 aliphatic carbocycles. The molecule has 0 saturated carbocycles. The van der Waals surface area contributed by atoms with E-state index in [9.17, 15) is 8.78 Å². The van der Waals surface area contributed by atoms with Crippen LogP contribution < -0.4 is 14.4 Å². The maximum absolute atomic E-state index is 12.5. The Hall–Kier alpha value is -1.56. The maximum atomic E-state index is 12.5. The molecule has 0 aromatic heterocycles. The molecule has 1 heterocycles. The third kappa shape index (κ3) is 3.97. The molecule has 0 unspecified atom stereocenters. The molecule has 1 aromatic carbocycles. The van der Waals surface area contributed by atoms with Gasteiger partial charge < -0.3 is 14.4 Å². The van der Waals surface area contributed by atoms with Crippen LogP contribution in [0.5, 0.6) is 11.5 Å². The van der Waals surface area contributed by atoms with Gasteiger partial charge in [-0.15, -0.1) is 0 Å². The van der Waals surface area contributed by atoms with Crippen molar-refractivity contribution in [1.82, 2.24) is 4.90 Å². The molecule has 0 spiro atoms. The second-order valence-corrected chi connectivity index (χ2v) is 5.29. The van der Waals surface area contributed by atoms with Gasteiger partial charge in [0.1, 0.15) is 11.5 Å². The number of halogens is 2. The van der Waals surface area contributed by atoms with Gasteiger partial charge in [0.05, 0.1) is 20.8 Å². The van der Waals surface area contributed by atoms with E-state index in [1.807, 2.05) is 18.2 Å². The van der Waals surface area contributed by atoms with Crippen LogP contribution in [0.2, 0.25) is 0 Å². The Morgan fingerprint density at radius 3 is 2.38 bits per heavy atom. The zero-order valence-corrected chi connectivity index (χ0v) is 12.7. The normalized spacial score (nSPS) is 18.6. The van der Waals surface area contributed by atoms with Gasteiger partial charge in [0.25, 0.3) is 6.43 Å². The van der Waals surface area contributed by atoms with Crippen molar-refractivity contribution in [1.29, 1.82) is 0 Å². The minimum atomic E-state index is -2.29. The quantitative estimate of drug-likeness (QED) is 0.806. The van der Waals surface area contributed by atoms with Crippen molar-refractivity contribution in [3.63, 3.8) is 0 Å². The first-order valence-electron chi connectivity index (χ1n) is 7.00. The van der Waals surface area contributed by atoms with Gasteiger partial charge in [0.2, 0.25) is 0 Å². The molecule has 2 rings (SSSR count). The fraction of sp³-hybridized carbons (Fsp3) is 0.600. The van der Waals surface area contributed by atoms with E-state index in [4.69, 9.17) is 9.47 Å². The third-order valence-corrected chi connectivity index (χ3v) is 3.91. The Labute approximate surface area is 124 Å². The summed E-state index contributed by atoms with van der Waals surface area (Å²) in [5, 5.41) is 0. The molecule has 1 fully saturated rings. The molecule has 4 nitrogen and oxygen atoms in total. The molecule has 1 atom stereocenters. The molecule has 1 aliphatic rings. The number of likely N-dealkylation sites (N-methyl/N-ethyl adjacent to an activating group) is 1. The molecule has 1 aromatic rings. The van der Waals surface area contributed by atoms with Gasteiger partial charge in [-0.05, 0) is 13.5 Å². The van der Waals surface area contributed by atoms with Gasteiger partial charge >= 0.3 is 0 Å². The smallest absolute Gasteiger partial charge is 0.251 e. The van der Waals surface area contributed by atoms with E-state index in [1.54, 1.807) is 26.2 Å². The van der Waals surface area contributed by atoms with E-state index in [2.05, 4.69) is 4.90 Å². The number of alkyl halides is 2. The molecule has 6 heteroatoms. The van der Waals surface area contributed by atoms with Gasteiger partial charge in [0.15, 0.2) is 0 Å². The minimum Gasteiger partial charge on any atom is -0.497 e. The number of ether oxygens (including phenoxy) is 2. The molecule has 1 saturated heterocycles. The second kappa shape index (κ2) is 6.93. The summed E-state index contributed by atoms with van der Waals surface area (Å²) in [7, 11) is 4.98. The van der Waals surface area contributed by atoms with Gasteiger partial charge in [0, 0.05) is 43.0 Å². The molecule has 0 amide bonds. The molecule has 0 N–H and O–H groups in total. The number of rotatable bonds is 6. The van der Waals surface area contributed by atoms with Crippen LogP contribution >= 0.6 is 0 Å². The number of methoxy groups -OCH3 is 2. The lowest BCUT2D eigenvalue weighted by molar-refractivity contribution is 0.0849. The van der Waals surface area contributed by atoms with Crippen LogP contribution in [-0.4, -0.2) is 58.3 Å². The van der Waals surface area contributed by atoms with E-state index >= 15 is 0 Å². The van der Waals surface area contributed by atoms with Gasteiger partial charge in [-0.1, -0.05) is 0 Å². The summed E-state index contributed by atoms with van der Waals surface area (Å²) in [4.78, 5) is 3.92.